The quantitative estimate of drug-likeness (QED) is 0.780. The van der Waals surface area contributed by atoms with Gasteiger partial charge in [-0.3, -0.25) is 4.90 Å². The second kappa shape index (κ2) is 8.22. The average molecular weight is 331 g/mol. The first-order valence-electron chi connectivity index (χ1n) is 7.58. The van der Waals surface area contributed by atoms with Gasteiger partial charge < -0.3 is 14.8 Å². The fraction of sp³-hybridized carbons (Fsp3) is 0.625. The van der Waals surface area contributed by atoms with E-state index in [1.165, 1.54) is 0 Å². The van der Waals surface area contributed by atoms with E-state index in [0.717, 1.165) is 25.1 Å². The third-order valence-electron chi connectivity index (χ3n) is 4.27. The first-order valence-corrected chi connectivity index (χ1v) is 7.96. The van der Waals surface area contributed by atoms with Gasteiger partial charge >= 0.3 is 0 Å². The van der Waals surface area contributed by atoms with Crippen molar-refractivity contribution in [3.63, 3.8) is 0 Å². The van der Waals surface area contributed by atoms with Gasteiger partial charge in [0.15, 0.2) is 6.29 Å². The van der Waals surface area contributed by atoms with E-state index in [1.807, 2.05) is 6.07 Å². The van der Waals surface area contributed by atoms with Crippen LogP contribution in [0.5, 0.6) is 0 Å². The summed E-state index contributed by atoms with van der Waals surface area (Å²) >= 11 is 5.80. The second-order valence-electron chi connectivity index (χ2n) is 5.45. The predicted molar refractivity (Wildman–Crippen MR) is 85.6 cm³/mol. The van der Waals surface area contributed by atoms with Crippen LogP contribution in [0.2, 0.25) is 5.02 Å². The molecule has 0 unspecified atom stereocenters. The molecule has 1 aliphatic heterocycles. The van der Waals surface area contributed by atoms with Gasteiger partial charge in [0.25, 0.3) is 0 Å². The van der Waals surface area contributed by atoms with Gasteiger partial charge in [-0.05, 0) is 30.7 Å². The smallest absolute Gasteiger partial charge is 0.169 e. The molecule has 0 aromatic heterocycles. The summed E-state index contributed by atoms with van der Waals surface area (Å²) in [5, 5.41) is 3.64. The summed E-state index contributed by atoms with van der Waals surface area (Å²) in [6.45, 7) is 4.62. The average Bonchev–Trinajstić information content (AvgIpc) is 2.94. The molecular formula is C16H24ClFN2O2. The van der Waals surface area contributed by atoms with Crippen LogP contribution in [0.25, 0.3) is 0 Å². The summed E-state index contributed by atoms with van der Waals surface area (Å²) in [4.78, 5) is 2.34. The highest BCUT2D eigenvalue weighted by molar-refractivity contribution is 6.30. The Morgan fingerprint density at radius 2 is 2.14 bits per heavy atom. The van der Waals surface area contributed by atoms with E-state index < -0.39 is 0 Å². The van der Waals surface area contributed by atoms with Gasteiger partial charge in [-0.15, -0.1) is 0 Å². The number of methoxy groups -OCH3 is 2. The van der Waals surface area contributed by atoms with Crippen molar-refractivity contribution in [3.8, 4) is 0 Å². The molecule has 0 spiro atoms. The third kappa shape index (κ3) is 3.97. The van der Waals surface area contributed by atoms with E-state index in [4.69, 9.17) is 21.1 Å². The molecule has 22 heavy (non-hydrogen) atoms. The lowest BCUT2D eigenvalue weighted by molar-refractivity contribution is -0.100. The van der Waals surface area contributed by atoms with Crippen molar-refractivity contribution in [3.05, 3.63) is 34.6 Å². The third-order valence-corrected chi connectivity index (χ3v) is 4.57. The van der Waals surface area contributed by atoms with Crippen molar-refractivity contribution in [2.24, 2.45) is 0 Å². The molecule has 1 N–H and O–H groups in total. The topological polar surface area (TPSA) is 33.7 Å². The van der Waals surface area contributed by atoms with Crippen LogP contribution in [0.3, 0.4) is 0 Å². The number of rotatable bonds is 7. The molecule has 124 valence electrons. The summed E-state index contributed by atoms with van der Waals surface area (Å²) in [5.74, 6) is -0.368. The highest BCUT2D eigenvalue weighted by Gasteiger charge is 2.34. The summed E-state index contributed by atoms with van der Waals surface area (Å²) in [6.07, 6.45) is 0.724. The molecule has 1 aromatic rings. The number of nitrogens with zero attached hydrogens (tertiary/aromatic N) is 1. The maximum atomic E-state index is 13.8. The number of benzene rings is 1. The van der Waals surface area contributed by atoms with Gasteiger partial charge in [0.05, 0.1) is 11.1 Å². The zero-order valence-electron chi connectivity index (χ0n) is 13.3. The zero-order chi connectivity index (χ0) is 16.1. The Morgan fingerprint density at radius 3 is 2.73 bits per heavy atom. The van der Waals surface area contributed by atoms with Gasteiger partial charge in [-0.2, -0.15) is 0 Å². The Bertz CT molecular complexity index is 485. The highest BCUT2D eigenvalue weighted by Crippen LogP contribution is 2.33. The Labute approximate surface area is 136 Å². The predicted octanol–water partition coefficient (Wildman–Crippen LogP) is 2.82. The van der Waals surface area contributed by atoms with Gasteiger partial charge in [0, 0.05) is 33.4 Å². The summed E-state index contributed by atoms with van der Waals surface area (Å²) in [5.41, 5.74) is 0.949. The number of likely N-dealkylation sites (N-methyl/N-ethyl adjacent to an activating group) is 1. The lowest BCUT2D eigenvalue weighted by atomic mass is 10.00. The molecule has 1 aliphatic rings. The van der Waals surface area contributed by atoms with E-state index in [-0.39, 0.29) is 29.2 Å². The van der Waals surface area contributed by atoms with Gasteiger partial charge in [0.2, 0.25) is 0 Å². The number of ether oxygens (including phenoxy) is 2. The molecule has 4 nitrogen and oxygen atoms in total. The van der Waals surface area contributed by atoms with Crippen molar-refractivity contribution in [1.82, 2.24) is 10.2 Å². The Kier molecular flexibility index (Phi) is 6.59. The molecule has 0 aliphatic carbocycles. The minimum Gasteiger partial charge on any atom is -0.355 e. The first-order chi connectivity index (χ1) is 10.6. The molecule has 0 radical (unpaired) electrons. The molecule has 2 atom stereocenters. The lowest BCUT2D eigenvalue weighted by Gasteiger charge is -2.29. The van der Waals surface area contributed by atoms with Crippen molar-refractivity contribution in [2.75, 3.05) is 33.9 Å². The van der Waals surface area contributed by atoms with E-state index in [2.05, 4.69) is 17.1 Å². The minimum absolute atomic E-state index is 0.131. The molecule has 0 saturated carbocycles. The molecule has 0 amide bonds. The van der Waals surface area contributed by atoms with Crippen LogP contribution >= 0.6 is 11.6 Å². The van der Waals surface area contributed by atoms with Crippen LogP contribution in [-0.4, -0.2) is 51.1 Å². The monoisotopic (exact) mass is 330 g/mol. The van der Waals surface area contributed by atoms with Gasteiger partial charge in [-0.25, -0.2) is 4.39 Å². The van der Waals surface area contributed by atoms with Crippen LogP contribution in [0.4, 0.5) is 4.39 Å². The van der Waals surface area contributed by atoms with Gasteiger partial charge in [0.1, 0.15) is 5.82 Å². The van der Waals surface area contributed by atoms with E-state index in [9.17, 15) is 4.39 Å². The number of nitrogens with one attached hydrogen (secondary N) is 1. The first kappa shape index (κ1) is 17.6. The number of halogens is 2. The highest BCUT2D eigenvalue weighted by atomic mass is 35.5. The summed E-state index contributed by atoms with van der Waals surface area (Å²) < 4.78 is 24.2. The van der Waals surface area contributed by atoms with Crippen LogP contribution in [0.1, 0.15) is 24.9 Å². The standard InChI is InChI=1S/C16H24ClFN2O2/c1-4-20-8-7-14(19-10-15(21-2)22-3)16(20)11-5-6-12(17)13(18)9-11/h5-6,9,14-16,19H,4,7-8,10H2,1-3H3/t14-,16+/m1/s1. The Morgan fingerprint density at radius 1 is 1.41 bits per heavy atom. The molecule has 1 fully saturated rings. The summed E-state index contributed by atoms with van der Waals surface area (Å²) in [6, 6.07) is 5.44. The molecule has 1 heterocycles. The van der Waals surface area contributed by atoms with Crippen LogP contribution in [0.15, 0.2) is 18.2 Å². The Balaban J connectivity index is 2.13. The molecular weight excluding hydrogens is 307 g/mol. The minimum atomic E-state index is -0.368. The lowest BCUT2D eigenvalue weighted by Crippen LogP contribution is -2.40. The normalized spacial score (nSPS) is 22.6. The number of hydrogen-bond donors (Lipinski definition) is 1. The molecule has 6 heteroatoms. The van der Waals surface area contributed by atoms with Crippen molar-refractivity contribution in [2.45, 2.75) is 31.7 Å². The number of likely N-dealkylation sites (tertiary alicyclic amines) is 1. The van der Waals surface area contributed by atoms with Crippen LogP contribution < -0.4 is 5.32 Å². The van der Waals surface area contributed by atoms with Crippen LogP contribution in [-0.2, 0) is 9.47 Å². The van der Waals surface area contributed by atoms with Crippen molar-refractivity contribution < 1.29 is 13.9 Å². The van der Waals surface area contributed by atoms with E-state index >= 15 is 0 Å². The maximum absolute atomic E-state index is 13.8. The van der Waals surface area contributed by atoms with Crippen LogP contribution in [0, 0.1) is 5.82 Å². The zero-order valence-corrected chi connectivity index (χ0v) is 14.1. The molecule has 0 bridgehead atoms. The van der Waals surface area contributed by atoms with E-state index in [1.54, 1.807) is 26.4 Å². The second-order valence-corrected chi connectivity index (χ2v) is 5.86. The Hall–Kier alpha value is -0.720. The molecule has 1 aromatic carbocycles. The van der Waals surface area contributed by atoms with Crippen molar-refractivity contribution >= 4 is 11.6 Å². The fourth-order valence-electron chi connectivity index (χ4n) is 3.07. The SMILES string of the molecule is CCN1CC[C@@H](NCC(OC)OC)[C@@H]1c1ccc(Cl)c(F)c1. The molecule has 2 rings (SSSR count). The van der Waals surface area contributed by atoms with Gasteiger partial charge in [-0.1, -0.05) is 24.6 Å². The van der Waals surface area contributed by atoms with Crippen molar-refractivity contribution in [1.29, 1.82) is 0 Å². The fourth-order valence-corrected chi connectivity index (χ4v) is 3.19. The maximum Gasteiger partial charge on any atom is 0.169 e. The van der Waals surface area contributed by atoms with E-state index in [0.29, 0.717) is 6.54 Å². The largest absolute Gasteiger partial charge is 0.355 e. The molecule has 1 saturated heterocycles. The number of hydrogen-bond acceptors (Lipinski definition) is 4. The summed E-state index contributed by atoms with van der Waals surface area (Å²) in [7, 11) is 3.24.